The standard InChI is InChI=1S/C80H38N12/c1-85-59-22-26-61(58(36-59)47-84)53-18-28-74-65(37-53)66-40-56(64-27-23-60(86-2)43-73(64)89-5)21-31-75(66)91(74)78-34-50(46-83)35-79(80(78)57-41-69(51-12-8-6-9-13-51)90-70(42-57)52-14-10-7-11-15-52)92-76-29-19-54(62-24-16-48(44-81)32-71(62)87-3)38-67(76)68-39-55(20-30-77(68)92)63-25-17-49(45-82)33-72(63)88-4/h6-43H. The van der Waals surface area contributed by atoms with Gasteiger partial charge >= 0.3 is 0 Å². The summed E-state index contributed by atoms with van der Waals surface area (Å²) in [6, 6.07) is 81.4. The van der Waals surface area contributed by atoms with Gasteiger partial charge in [-0.1, -0.05) is 127 Å². The van der Waals surface area contributed by atoms with Gasteiger partial charge in [-0.15, -0.1) is 0 Å². The highest BCUT2D eigenvalue weighted by atomic mass is 15.0. The van der Waals surface area contributed by atoms with Crippen LogP contribution in [0, 0.1) is 78.2 Å². The number of benzene rings is 11. The first-order valence-electron chi connectivity index (χ1n) is 28.7. The molecule has 0 amide bonds. The molecule has 0 spiro atoms. The largest absolute Gasteiger partial charge is 0.308 e. The Hall–Kier alpha value is -14.4. The maximum Gasteiger partial charge on any atom is 0.196 e. The van der Waals surface area contributed by atoms with Gasteiger partial charge in [0.1, 0.15) is 0 Å². The van der Waals surface area contributed by atoms with Crippen LogP contribution in [0.1, 0.15) is 22.3 Å². The lowest BCUT2D eigenvalue weighted by molar-refractivity contribution is 1.13. The van der Waals surface area contributed by atoms with Crippen molar-refractivity contribution in [1.82, 2.24) is 14.1 Å². The van der Waals surface area contributed by atoms with Gasteiger partial charge in [-0.25, -0.2) is 29.2 Å². The molecule has 0 aliphatic carbocycles. The number of pyridine rings is 1. The summed E-state index contributed by atoms with van der Waals surface area (Å²) in [6.45, 7) is 40.1. The van der Waals surface area contributed by atoms with Crippen LogP contribution >= 0.6 is 0 Å². The highest BCUT2D eigenvalue weighted by Gasteiger charge is 2.27. The van der Waals surface area contributed by atoms with E-state index in [1.165, 1.54) is 0 Å². The molecule has 0 saturated carbocycles. The van der Waals surface area contributed by atoms with E-state index >= 15 is 0 Å². The van der Waals surface area contributed by atoms with Crippen LogP contribution in [-0.2, 0) is 0 Å². The van der Waals surface area contributed by atoms with Crippen molar-refractivity contribution in [1.29, 1.82) is 21.0 Å². The van der Waals surface area contributed by atoms with Gasteiger partial charge in [-0.3, -0.25) is 0 Å². The van der Waals surface area contributed by atoms with Crippen LogP contribution in [0.4, 0.5) is 28.4 Å². The van der Waals surface area contributed by atoms with E-state index in [9.17, 15) is 21.0 Å². The van der Waals surface area contributed by atoms with Crippen molar-refractivity contribution < 1.29 is 0 Å². The van der Waals surface area contributed by atoms with Gasteiger partial charge in [0.15, 0.2) is 28.4 Å². The molecule has 0 N–H and O–H groups in total. The molecule has 3 aromatic heterocycles. The van der Waals surface area contributed by atoms with Crippen LogP contribution in [0.15, 0.2) is 231 Å². The Balaban J connectivity index is 1.14. The average Bonchev–Trinajstić information content (AvgIpc) is 1.52. The molecule has 0 atom stereocenters. The number of hydrogen-bond acceptors (Lipinski definition) is 5. The van der Waals surface area contributed by atoms with Gasteiger partial charge in [0, 0.05) is 54.9 Å². The Kier molecular flexibility index (Phi) is 13.7. The highest BCUT2D eigenvalue weighted by molar-refractivity contribution is 6.15. The Morgan fingerprint density at radius 3 is 1.08 bits per heavy atom. The SMILES string of the molecule is [C-]#[N+]c1ccc(-c2ccc3c(c2)c2cc(-c4ccc([N+]#[C-])cc4[N+]#[C-])ccc2n3-c2cc(C#N)cc(-n3c4ccc(-c5ccc(C#N)cc5[N+]#[C-])cc4c4cc(-c5ccc(C#N)cc5[N+]#[C-])ccc43)c2-c2cc(-c3ccccc3)nc(-c3ccccc3)c2)c(C#N)c1. The zero-order chi connectivity index (χ0) is 63.1. The van der Waals surface area contributed by atoms with Crippen molar-refractivity contribution in [3.63, 3.8) is 0 Å². The molecule has 0 radical (unpaired) electrons. The number of rotatable bonds is 9. The molecular weight excluding hydrogens is 1130 g/mol. The molecule has 0 saturated heterocycles. The summed E-state index contributed by atoms with van der Waals surface area (Å²) in [7, 11) is 0. The zero-order valence-corrected chi connectivity index (χ0v) is 48.3. The number of aromatic nitrogens is 3. The van der Waals surface area contributed by atoms with Gasteiger partial charge in [-0.2, -0.15) is 21.0 Å². The van der Waals surface area contributed by atoms with Crippen LogP contribution in [-0.4, -0.2) is 14.1 Å². The van der Waals surface area contributed by atoms with Crippen molar-refractivity contribution in [3.05, 3.63) is 310 Å². The third kappa shape index (κ3) is 9.39. The second kappa shape index (κ2) is 22.8. The second-order valence-corrected chi connectivity index (χ2v) is 21.7. The quantitative estimate of drug-likeness (QED) is 0.132. The van der Waals surface area contributed by atoms with Gasteiger partial charge in [0.2, 0.25) is 0 Å². The molecule has 3 heterocycles. The Labute approximate surface area is 528 Å². The molecule has 92 heavy (non-hydrogen) atoms. The summed E-state index contributed by atoms with van der Waals surface area (Å²) >= 11 is 0. The number of hydrogen-bond donors (Lipinski definition) is 0. The molecule has 0 bridgehead atoms. The third-order valence-corrected chi connectivity index (χ3v) is 16.7. The smallest absolute Gasteiger partial charge is 0.196 e. The first kappa shape index (κ1) is 55.5. The predicted molar refractivity (Wildman–Crippen MR) is 361 cm³/mol. The lowest BCUT2D eigenvalue weighted by Gasteiger charge is -2.22. The number of fused-ring (bicyclic) bond motifs is 6. The van der Waals surface area contributed by atoms with E-state index < -0.39 is 0 Å². The molecule has 14 aromatic rings. The van der Waals surface area contributed by atoms with Crippen LogP contribution < -0.4 is 0 Å². The lowest BCUT2D eigenvalue weighted by Crippen LogP contribution is -2.06. The van der Waals surface area contributed by atoms with Gasteiger partial charge in [-0.05, 0) is 153 Å². The van der Waals surface area contributed by atoms with Crippen molar-refractivity contribution in [2.75, 3.05) is 0 Å². The molecule has 0 aliphatic heterocycles. The molecule has 12 heteroatoms. The topological polar surface area (TPSA) is 140 Å². The van der Waals surface area contributed by atoms with Crippen LogP contribution in [0.2, 0.25) is 0 Å². The first-order valence-corrected chi connectivity index (χ1v) is 28.7. The maximum absolute atomic E-state index is 11.5. The molecule has 14 rings (SSSR count). The van der Waals surface area contributed by atoms with E-state index in [1.807, 2.05) is 146 Å². The third-order valence-electron chi connectivity index (χ3n) is 16.7. The average molecular weight is 1170 g/mol. The number of nitriles is 4. The summed E-state index contributed by atoms with van der Waals surface area (Å²) in [4.78, 5) is 24.2. The van der Waals surface area contributed by atoms with E-state index in [2.05, 4.69) is 69.8 Å². The monoisotopic (exact) mass is 1170 g/mol. The fourth-order valence-corrected chi connectivity index (χ4v) is 12.5. The fourth-order valence-electron chi connectivity index (χ4n) is 12.5. The molecule has 12 nitrogen and oxygen atoms in total. The lowest BCUT2D eigenvalue weighted by atomic mass is 9.95. The van der Waals surface area contributed by atoms with E-state index in [0.717, 1.165) is 82.6 Å². The predicted octanol–water partition coefficient (Wildman–Crippen LogP) is 21.2. The molecule has 0 fully saturated rings. The van der Waals surface area contributed by atoms with E-state index in [-0.39, 0.29) is 0 Å². The van der Waals surface area contributed by atoms with Gasteiger partial charge in [0.05, 0.1) is 108 Å². The maximum atomic E-state index is 11.5. The molecule has 0 unspecified atom stereocenters. The number of nitrogens with zero attached hydrogens (tertiary/aromatic N) is 12. The van der Waals surface area contributed by atoms with Crippen molar-refractivity contribution in [2.45, 2.75) is 0 Å². The van der Waals surface area contributed by atoms with Gasteiger partial charge < -0.3 is 9.13 Å². The minimum Gasteiger partial charge on any atom is -0.308 e. The first-order chi connectivity index (χ1) is 45.2. The normalized spacial score (nSPS) is 10.7. The van der Waals surface area contributed by atoms with Crippen molar-refractivity contribution >= 4 is 72.0 Å². The molecular formula is C80H38N12. The Morgan fingerprint density at radius 2 is 0.685 bits per heavy atom. The Bertz CT molecular complexity index is 5330. The highest BCUT2D eigenvalue weighted by Crippen LogP contribution is 2.48. The van der Waals surface area contributed by atoms with Crippen molar-refractivity contribution in [2.24, 2.45) is 0 Å². The minimum absolute atomic E-state index is 0.306. The molecule has 418 valence electrons. The van der Waals surface area contributed by atoms with Gasteiger partial charge in [0.25, 0.3) is 0 Å². The zero-order valence-electron chi connectivity index (χ0n) is 48.3. The van der Waals surface area contributed by atoms with E-state index in [4.69, 9.17) is 37.8 Å². The summed E-state index contributed by atoms with van der Waals surface area (Å²) in [6.07, 6.45) is 0. The fraction of sp³-hybridized carbons (Fsp3) is 0. The summed E-state index contributed by atoms with van der Waals surface area (Å²) < 4.78 is 4.32. The van der Waals surface area contributed by atoms with E-state index in [0.29, 0.717) is 101 Å². The van der Waals surface area contributed by atoms with Crippen LogP contribution in [0.25, 0.3) is 157 Å². The summed E-state index contributed by atoms with van der Waals surface area (Å²) in [5.74, 6) is 0. The van der Waals surface area contributed by atoms with Crippen LogP contribution in [0.3, 0.4) is 0 Å². The summed E-state index contributed by atoms with van der Waals surface area (Å²) in [5.41, 5.74) is 17.1. The van der Waals surface area contributed by atoms with Crippen LogP contribution in [0.5, 0.6) is 0 Å². The molecule has 11 aromatic carbocycles. The van der Waals surface area contributed by atoms with E-state index in [1.54, 1.807) is 72.8 Å². The van der Waals surface area contributed by atoms with Crippen molar-refractivity contribution in [3.8, 4) is 114 Å². The molecule has 0 aliphatic rings. The Morgan fingerprint density at radius 1 is 0.304 bits per heavy atom. The summed E-state index contributed by atoms with van der Waals surface area (Å²) in [5, 5.41) is 44.9. The minimum atomic E-state index is 0.306. The second-order valence-electron chi connectivity index (χ2n) is 21.7.